The Morgan fingerprint density at radius 2 is 1.95 bits per heavy atom. The molecule has 0 aliphatic heterocycles. The van der Waals surface area contributed by atoms with Crippen LogP contribution in [0, 0.1) is 0 Å². The molecule has 0 amide bonds. The van der Waals surface area contributed by atoms with E-state index in [0.29, 0.717) is 12.4 Å². The first-order chi connectivity index (χ1) is 9.61. The van der Waals surface area contributed by atoms with Crippen LogP contribution in [0.2, 0.25) is 0 Å². The summed E-state index contributed by atoms with van der Waals surface area (Å²) in [5.74, 6) is 0.667. The number of hydrogen-bond acceptors (Lipinski definition) is 4. The van der Waals surface area contributed by atoms with Gasteiger partial charge in [0.15, 0.2) is 0 Å². The van der Waals surface area contributed by atoms with Crippen molar-refractivity contribution in [1.82, 2.24) is 5.32 Å². The number of thioether (sulfide) groups is 1. The van der Waals surface area contributed by atoms with Gasteiger partial charge in [-0.25, -0.2) is 0 Å². The normalized spacial score (nSPS) is 12.8. The van der Waals surface area contributed by atoms with E-state index in [1.807, 2.05) is 13.8 Å². The Hall–Kier alpha value is -0.550. The van der Waals surface area contributed by atoms with Crippen LogP contribution < -0.4 is 5.32 Å². The van der Waals surface area contributed by atoms with Gasteiger partial charge in [0, 0.05) is 17.2 Å². The van der Waals surface area contributed by atoms with Crippen molar-refractivity contribution < 1.29 is 9.84 Å². The predicted molar refractivity (Wildman–Crippen MR) is 86.3 cm³/mol. The minimum atomic E-state index is -0.409. The lowest BCUT2D eigenvalue weighted by Gasteiger charge is -2.13. The van der Waals surface area contributed by atoms with E-state index >= 15 is 0 Å². The lowest BCUT2D eigenvalue weighted by atomic mass is 10.2. The third-order valence-electron chi connectivity index (χ3n) is 2.74. The van der Waals surface area contributed by atoms with Gasteiger partial charge in [-0.15, -0.1) is 11.8 Å². The summed E-state index contributed by atoms with van der Waals surface area (Å²) in [4.78, 5) is 1.19. The third-order valence-corrected chi connectivity index (χ3v) is 3.90. The van der Waals surface area contributed by atoms with Crippen molar-refractivity contribution in [2.24, 2.45) is 0 Å². The summed E-state index contributed by atoms with van der Waals surface area (Å²) in [7, 11) is 0. The van der Waals surface area contributed by atoms with Crippen molar-refractivity contribution in [3.8, 4) is 0 Å². The summed E-state index contributed by atoms with van der Waals surface area (Å²) in [6.45, 7) is 8.50. The van der Waals surface area contributed by atoms with Crippen LogP contribution in [0.15, 0.2) is 29.2 Å². The van der Waals surface area contributed by atoms with E-state index in [0.717, 1.165) is 19.5 Å². The van der Waals surface area contributed by atoms with Crippen molar-refractivity contribution in [2.45, 2.75) is 50.8 Å². The maximum absolute atomic E-state index is 9.80. The summed E-state index contributed by atoms with van der Waals surface area (Å²) in [6.07, 6.45) is 0.919. The zero-order valence-corrected chi connectivity index (χ0v) is 13.6. The fourth-order valence-electron chi connectivity index (χ4n) is 1.66. The molecule has 0 aliphatic carbocycles. The van der Waals surface area contributed by atoms with Gasteiger partial charge < -0.3 is 15.2 Å². The molecule has 3 nitrogen and oxygen atoms in total. The second kappa shape index (κ2) is 10.2. The average Bonchev–Trinajstić information content (AvgIpc) is 2.44. The molecule has 1 unspecified atom stereocenters. The molecule has 1 rings (SSSR count). The van der Waals surface area contributed by atoms with E-state index < -0.39 is 6.10 Å². The van der Waals surface area contributed by atoms with Gasteiger partial charge in [0.05, 0.1) is 18.8 Å². The number of rotatable bonds is 10. The van der Waals surface area contributed by atoms with E-state index in [-0.39, 0.29) is 6.10 Å². The quantitative estimate of drug-likeness (QED) is 0.514. The van der Waals surface area contributed by atoms with Gasteiger partial charge in [-0.3, -0.25) is 0 Å². The largest absolute Gasteiger partial charge is 0.390 e. The standard InChI is InChI=1S/C16H27NO2S/c1-4-9-17-10-14-5-7-16(8-6-14)20-12-15(18)11-19-13(2)3/h5-8,13,15,17-18H,4,9-12H2,1-3H3. The molecule has 4 heteroatoms. The van der Waals surface area contributed by atoms with E-state index in [1.165, 1.54) is 10.5 Å². The highest BCUT2D eigenvalue weighted by Gasteiger charge is 2.06. The van der Waals surface area contributed by atoms with Crippen LogP contribution in [0.1, 0.15) is 32.8 Å². The molecule has 0 radical (unpaired) electrons. The van der Waals surface area contributed by atoms with Crippen LogP contribution in [-0.4, -0.2) is 36.2 Å². The number of ether oxygens (including phenoxy) is 1. The van der Waals surface area contributed by atoms with Crippen LogP contribution in [0.5, 0.6) is 0 Å². The van der Waals surface area contributed by atoms with Crippen LogP contribution in [0.25, 0.3) is 0 Å². The molecule has 2 N–H and O–H groups in total. The van der Waals surface area contributed by atoms with E-state index in [1.54, 1.807) is 11.8 Å². The molecule has 0 aromatic heterocycles. The summed E-state index contributed by atoms with van der Waals surface area (Å²) in [6, 6.07) is 8.51. The van der Waals surface area contributed by atoms with Gasteiger partial charge >= 0.3 is 0 Å². The fraction of sp³-hybridized carbons (Fsp3) is 0.625. The Bertz CT molecular complexity index is 354. The first-order valence-electron chi connectivity index (χ1n) is 7.34. The van der Waals surface area contributed by atoms with Gasteiger partial charge in [0.25, 0.3) is 0 Å². The Balaban J connectivity index is 2.27. The molecular weight excluding hydrogens is 270 g/mol. The highest BCUT2D eigenvalue weighted by molar-refractivity contribution is 7.99. The lowest BCUT2D eigenvalue weighted by Crippen LogP contribution is -2.20. The maximum Gasteiger partial charge on any atom is 0.0867 e. The van der Waals surface area contributed by atoms with Crippen LogP contribution in [-0.2, 0) is 11.3 Å². The minimum Gasteiger partial charge on any atom is -0.390 e. The van der Waals surface area contributed by atoms with Crippen LogP contribution >= 0.6 is 11.8 Å². The van der Waals surface area contributed by atoms with Gasteiger partial charge in [-0.2, -0.15) is 0 Å². The molecule has 20 heavy (non-hydrogen) atoms. The highest BCUT2D eigenvalue weighted by atomic mass is 32.2. The minimum absolute atomic E-state index is 0.171. The molecule has 0 fully saturated rings. The molecule has 0 saturated heterocycles. The van der Waals surface area contributed by atoms with Crippen molar-refractivity contribution >= 4 is 11.8 Å². The van der Waals surface area contributed by atoms with E-state index in [4.69, 9.17) is 4.74 Å². The summed E-state index contributed by atoms with van der Waals surface area (Å²) in [5.41, 5.74) is 1.30. The zero-order chi connectivity index (χ0) is 14.8. The maximum atomic E-state index is 9.80. The van der Waals surface area contributed by atoms with Gasteiger partial charge in [-0.1, -0.05) is 19.1 Å². The number of benzene rings is 1. The zero-order valence-electron chi connectivity index (χ0n) is 12.8. The molecule has 114 valence electrons. The first kappa shape index (κ1) is 17.5. The molecule has 0 heterocycles. The van der Waals surface area contributed by atoms with Crippen molar-refractivity contribution in [2.75, 3.05) is 18.9 Å². The first-order valence-corrected chi connectivity index (χ1v) is 8.32. The second-order valence-corrected chi connectivity index (χ2v) is 6.26. The molecule has 1 atom stereocenters. The second-order valence-electron chi connectivity index (χ2n) is 5.17. The molecule has 1 aromatic rings. The van der Waals surface area contributed by atoms with Crippen LogP contribution in [0.3, 0.4) is 0 Å². The topological polar surface area (TPSA) is 41.5 Å². The summed E-state index contributed by atoms with van der Waals surface area (Å²) in [5, 5.41) is 13.2. The molecular formula is C16H27NO2S. The summed E-state index contributed by atoms with van der Waals surface area (Å²) >= 11 is 1.67. The molecule has 1 aromatic carbocycles. The van der Waals surface area contributed by atoms with Crippen molar-refractivity contribution in [3.05, 3.63) is 29.8 Å². The van der Waals surface area contributed by atoms with Crippen molar-refractivity contribution in [3.63, 3.8) is 0 Å². The Kier molecular flexibility index (Phi) is 8.94. The Morgan fingerprint density at radius 1 is 1.25 bits per heavy atom. The monoisotopic (exact) mass is 297 g/mol. The Morgan fingerprint density at radius 3 is 2.55 bits per heavy atom. The predicted octanol–water partition coefficient (Wildman–Crippen LogP) is 3.06. The molecule has 0 bridgehead atoms. The van der Waals surface area contributed by atoms with Crippen LogP contribution in [0.4, 0.5) is 0 Å². The number of nitrogens with one attached hydrogen (secondary N) is 1. The molecule has 0 spiro atoms. The van der Waals surface area contributed by atoms with Gasteiger partial charge in [0.1, 0.15) is 0 Å². The fourth-order valence-corrected chi connectivity index (χ4v) is 2.47. The SMILES string of the molecule is CCCNCc1ccc(SCC(O)COC(C)C)cc1. The number of aliphatic hydroxyl groups excluding tert-OH is 1. The smallest absolute Gasteiger partial charge is 0.0867 e. The van der Waals surface area contributed by atoms with Crippen molar-refractivity contribution in [1.29, 1.82) is 0 Å². The highest BCUT2D eigenvalue weighted by Crippen LogP contribution is 2.19. The number of aliphatic hydroxyl groups is 1. The molecule has 0 aliphatic rings. The van der Waals surface area contributed by atoms with E-state index in [9.17, 15) is 5.11 Å². The molecule has 0 saturated carbocycles. The van der Waals surface area contributed by atoms with E-state index in [2.05, 4.69) is 36.5 Å². The third kappa shape index (κ3) is 7.90. The van der Waals surface area contributed by atoms with Gasteiger partial charge in [0.2, 0.25) is 0 Å². The summed E-state index contributed by atoms with van der Waals surface area (Å²) < 4.78 is 5.39. The van der Waals surface area contributed by atoms with Gasteiger partial charge in [-0.05, 0) is 44.5 Å². The number of hydrogen-bond donors (Lipinski definition) is 2. The lowest BCUT2D eigenvalue weighted by molar-refractivity contribution is 0.0152. The Labute approximate surface area is 127 Å². The average molecular weight is 297 g/mol.